The number of ether oxygens (including phenoxy) is 1. The van der Waals surface area contributed by atoms with Crippen molar-refractivity contribution in [3.63, 3.8) is 0 Å². The molecular weight excluding hydrogens is 209 g/mol. The Kier molecular flexibility index (Phi) is 4.01. The molecule has 0 bridgehead atoms. The Morgan fingerprint density at radius 1 is 1.44 bits per heavy atom. The van der Waals surface area contributed by atoms with Gasteiger partial charge >= 0.3 is 5.97 Å². The van der Waals surface area contributed by atoms with Crippen LogP contribution >= 0.6 is 0 Å². The third-order valence-electron chi connectivity index (χ3n) is 2.44. The first-order chi connectivity index (χ1) is 7.47. The number of halogens is 1. The number of carbonyl (C=O) groups is 1. The highest BCUT2D eigenvalue weighted by atomic mass is 19.1. The Labute approximate surface area is 94.8 Å². The summed E-state index contributed by atoms with van der Waals surface area (Å²) in [5, 5.41) is 0. The van der Waals surface area contributed by atoms with Crippen LogP contribution in [-0.4, -0.2) is 32.1 Å². The molecule has 1 aromatic rings. The molecule has 0 amide bonds. The van der Waals surface area contributed by atoms with Crippen LogP contribution in [0.5, 0.6) is 0 Å². The first-order valence-electron chi connectivity index (χ1n) is 4.97. The van der Waals surface area contributed by atoms with Gasteiger partial charge in [0.15, 0.2) is 0 Å². The van der Waals surface area contributed by atoms with Crippen molar-refractivity contribution in [2.45, 2.75) is 13.0 Å². The average Bonchev–Trinajstić information content (AvgIpc) is 2.22. The van der Waals surface area contributed by atoms with E-state index in [1.807, 2.05) is 0 Å². The summed E-state index contributed by atoms with van der Waals surface area (Å²) in [4.78, 5) is 13.3. The maximum absolute atomic E-state index is 13.1. The zero-order valence-corrected chi connectivity index (χ0v) is 9.95. The van der Waals surface area contributed by atoms with Gasteiger partial charge < -0.3 is 4.74 Å². The van der Waals surface area contributed by atoms with E-state index in [-0.39, 0.29) is 11.8 Å². The summed E-state index contributed by atoms with van der Waals surface area (Å²) in [6.45, 7) is 1.67. The number of hydrogen-bond donors (Lipinski definition) is 0. The fourth-order valence-corrected chi connectivity index (χ4v) is 1.59. The zero-order chi connectivity index (χ0) is 12.3. The second-order valence-corrected chi connectivity index (χ2v) is 3.90. The van der Waals surface area contributed by atoms with Crippen molar-refractivity contribution in [2.75, 3.05) is 21.2 Å². The number of rotatable bonds is 3. The van der Waals surface area contributed by atoms with E-state index in [1.165, 1.54) is 13.2 Å². The largest absolute Gasteiger partial charge is 0.468 e. The van der Waals surface area contributed by atoms with E-state index in [1.54, 1.807) is 38.1 Å². The molecule has 0 aliphatic heterocycles. The zero-order valence-electron chi connectivity index (χ0n) is 9.95. The van der Waals surface area contributed by atoms with Crippen molar-refractivity contribution >= 4 is 5.97 Å². The topological polar surface area (TPSA) is 29.5 Å². The fourth-order valence-electron chi connectivity index (χ4n) is 1.59. The van der Waals surface area contributed by atoms with Gasteiger partial charge in [-0.3, -0.25) is 4.90 Å². The number of nitrogens with zero attached hydrogens (tertiary/aromatic N) is 1. The van der Waals surface area contributed by atoms with E-state index in [9.17, 15) is 9.18 Å². The standard InChI is InChI=1S/C12H16FNO2/c1-8-7-9(5-6-10(8)13)11(14(2)3)12(15)16-4/h5-7,11H,1-4H3. The smallest absolute Gasteiger partial charge is 0.327 e. The Hall–Kier alpha value is -1.42. The van der Waals surface area contributed by atoms with Crippen molar-refractivity contribution in [3.05, 3.63) is 35.1 Å². The predicted octanol–water partition coefficient (Wildman–Crippen LogP) is 1.91. The molecule has 1 rings (SSSR count). The lowest BCUT2D eigenvalue weighted by Crippen LogP contribution is -2.28. The summed E-state index contributed by atoms with van der Waals surface area (Å²) < 4.78 is 17.8. The van der Waals surface area contributed by atoms with Crippen LogP contribution in [0.4, 0.5) is 4.39 Å². The van der Waals surface area contributed by atoms with Gasteiger partial charge in [0.2, 0.25) is 0 Å². The summed E-state index contributed by atoms with van der Waals surface area (Å²) in [6.07, 6.45) is 0. The predicted molar refractivity (Wildman–Crippen MR) is 59.6 cm³/mol. The minimum atomic E-state index is -0.496. The van der Waals surface area contributed by atoms with Crippen LogP contribution in [-0.2, 0) is 9.53 Å². The molecule has 0 fully saturated rings. The highest BCUT2D eigenvalue weighted by molar-refractivity contribution is 5.77. The molecular formula is C12H16FNO2. The van der Waals surface area contributed by atoms with Crippen LogP contribution in [0.3, 0.4) is 0 Å². The molecule has 0 saturated heterocycles. The van der Waals surface area contributed by atoms with Crippen LogP contribution in [0.2, 0.25) is 0 Å². The summed E-state index contributed by atoms with van der Waals surface area (Å²) in [6, 6.07) is 4.13. The second kappa shape index (κ2) is 5.07. The molecule has 0 radical (unpaired) electrons. The van der Waals surface area contributed by atoms with Gasteiger partial charge in [-0.15, -0.1) is 0 Å². The Balaban J connectivity index is 3.11. The van der Waals surface area contributed by atoms with Gasteiger partial charge in [0.1, 0.15) is 11.9 Å². The molecule has 0 heterocycles. The maximum atomic E-state index is 13.1. The van der Waals surface area contributed by atoms with Crippen molar-refractivity contribution in [3.8, 4) is 0 Å². The van der Waals surface area contributed by atoms with E-state index in [0.29, 0.717) is 5.56 Å². The summed E-state index contributed by atoms with van der Waals surface area (Å²) >= 11 is 0. The third kappa shape index (κ3) is 2.58. The first kappa shape index (κ1) is 12.6. The molecule has 1 atom stereocenters. The quantitative estimate of drug-likeness (QED) is 0.736. The van der Waals surface area contributed by atoms with Crippen LogP contribution in [0, 0.1) is 12.7 Å². The summed E-state index contributed by atoms with van der Waals surface area (Å²) in [7, 11) is 4.90. The van der Waals surface area contributed by atoms with Crippen molar-refractivity contribution in [1.29, 1.82) is 0 Å². The first-order valence-corrected chi connectivity index (χ1v) is 4.97. The lowest BCUT2D eigenvalue weighted by Gasteiger charge is -2.22. The molecule has 16 heavy (non-hydrogen) atoms. The number of esters is 1. The number of benzene rings is 1. The van der Waals surface area contributed by atoms with E-state index >= 15 is 0 Å². The van der Waals surface area contributed by atoms with Crippen molar-refractivity contribution in [2.24, 2.45) is 0 Å². The van der Waals surface area contributed by atoms with Crippen molar-refractivity contribution in [1.82, 2.24) is 4.90 Å². The molecule has 0 aliphatic rings. The minimum absolute atomic E-state index is 0.272. The highest BCUT2D eigenvalue weighted by Crippen LogP contribution is 2.21. The lowest BCUT2D eigenvalue weighted by atomic mass is 10.0. The van der Waals surface area contributed by atoms with E-state index in [0.717, 1.165) is 5.56 Å². The van der Waals surface area contributed by atoms with Gasteiger partial charge in [0.25, 0.3) is 0 Å². The third-order valence-corrected chi connectivity index (χ3v) is 2.44. The maximum Gasteiger partial charge on any atom is 0.327 e. The normalized spacial score (nSPS) is 12.6. The van der Waals surface area contributed by atoms with Gasteiger partial charge in [-0.05, 0) is 38.2 Å². The van der Waals surface area contributed by atoms with Crippen LogP contribution < -0.4 is 0 Å². The average molecular weight is 225 g/mol. The minimum Gasteiger partial charge on any atom is -0.468 e. The lowest BCUT2D eigenvalue weighted by molar-refractivity contribution is -0.146. The van der Waals surface area contributed by atoms with Crippen LogP contribution in [0.15, 0.2) is 18.2 Å². The van der Waals surface area contributed by atoms with Gasteiger partial charge in [-0.2, -0.15) is 0 Å². The molecule has 1 aromatic carbocycles. The Morgan fingerprint density at radius 3 is 2.50 bits per heavy atom. The fraction of sp³-hybridized carbons (Fsp3) is 0.417. The number of methoxy groups -OCH3 is 1. The monoisotopic (exact) mass is 225 g/mol. The second-order valence-electron chi connectivity index (χ2n) is 3.90. The molecule has 1 unspecified atom stereocenters. The number of likely N-dealkylation sites (N-methyl/N-ethyl adjacent to an activating group) is 1. The Bertz CT molecular complexity index is 391. The van der Waals surface area contributed by atoms with E-state index in [2.05, 4.69) is 0 Å². The number of aryl methyl sites for hydroxylation is 1. The Morgan fingerprint density at radius 2 is 2.06 bits per heavy atom. The molecule has 0 saturated carbocycles. The summed E-state index contributed by atoms with van der Waals surface area (Å²) in [5.41, 5.74) is 1.25. The van der Waals surface area contributed by atoms with Crippen LogP contribution in [0.1, 0.15) is 17.2 Å². The molecule has 0 aromatic heterocycles. The highest BCUT2D eigenvalue weighted by Gasteiger charge is 2.23. The molecule has 0 spiro atoms. The van der Waals surface area contributed by atoms with E-state index < -0.39 is 6.04 Å². The molecule has 4 heteroatoms. The molecule has 88 valence electrons. The molecule has 3 nitrogen and oxygen atoms in total. The molecule has 0 N–H and O–H groups in total. The number of hydrogen-bond acceptors (Lipinski definition) is 3. The van der Waals surface area contributed by atoms with Crippen molar-refractivity contribution < 1.29 is 13.9 Å². The SMILES string of the molecule is COC(=O)C(c1ccc(F)c(C)c1)N(C)C. The van der Waals surface area contributed by atoms with Gasteiger partial charge in [0, 0.05) is 0 Å². The summed E-state index contributed by atoms with van der Waals surface area (Å²) in [5.74, 6) is -0.623. The van der Waals surface area contributed by atoms with Gasteiger partial charge in [-0.25, -0.2) is 9.18 Å². The van der Waals surface area contributed by atoms with Crippen LogP contribution in [0.25, 0.3) is 0 Å². The molecule has 0 aliphatic carbocycles. The van der Waals surface area contributed by atoms with Gasteiger partial charge in [-0.1, -0.05) is 12.1 Å². The van der Waals surface area contributed by atoms with E-state index in [4.69, 9.17) is 4.74 Å². The number of carbonyl (C=O) groups excluding carboxylic acids is 1. The van der Waals surface area contributed by atoms with Gasteiger partial charge in [0.05, 0.1) is 7.11 Å².